The van der Waals surface area contributed by atoms with E-state index in [2.05, 4.69) is 211 Å². The van der Waals surface area contributed by atoms with Gasteiger partial charge >= 0.3 is 0 Å². The average molecular weight is 719 g/mol. The first-order valence-electron chi connectivity index (χ1n) is 18.8. The second-order valence-corrected chi connectivity index (χ2v) is 15.4. The number of aromatic nitrogens is 1. The number of nitrogens with zero attached hydrogens (tertiary/aromatic N) is 2. The fourth-order valence-corrected chi connectivity index (χ4v) is 9.98. The van der Waals surface area contributed by atoms with Crippen LogP contribution in [0, 0.1) is 0 Å². The molecule has 10 aromatic rings. The van der Waals surface area contributed by atoms with E-state index in [1.165, 1.54) is 70.8 Å². The molecule has 0 saturated carbocycles. The van der Waals surface area contributed by atoms with Crippen molar-refractivity contribution in [2.75, 3.05) is 4.90 Å². The van der Waals surface area contributed by atoms with Crippen LogP contribution in [0.1, 0.15) is 22.3 Å². The van der Waals surface area contributed by atoms with Gasteiger partial charge < -0.3 is 0 Å². The van der Waals surface area contributed by atoms with Crippen molar-refractivity contribution in [2.45, 2.75) is 5.41 Å². The van der Waals surface area contributed by atoms with Gasteiger partial charge in [-0.25, -0.2) is 4.98 Å². The third kappa shape index (κ3) is 4.97. The molecule has 0 N–H and O–H groups in total. The van der Waals surface area contributed by atoms with E-state index in [-0.39, 0.29) is 0 Å². The summed E-state index contributed by atoms with van der Waals surface area (Å²) in [6, 6.07) is 75.1. The molecule has 1 aliphatic carbocycles. The molecular formula is C52H34N2S. The van der Waals surface area contributed by atoms with Crippen LogP contribution in [0.3, 0.4) is 0 Å². The summed E-state index contributed by atoms with van der Waals surface area (Å²) in [7, 11) is 0. The van der Waals surface area contributed by atoms with Gasteiger partial charge in [0, 0.05) is 26.8 Å². The monoisotopic (exact) mass is 718 g/mol. The zero-order valence-corrected chi connectivity index (χ0v) is 30.7. The highest BCUT2D eigenvalue weighted by Gasteiger charge is 2.46. The molecule has 0 fully saturated rings. The molecule has 0 unspecified atom stereocenters. The lowest BCUT2D eigenvalue weighted by Gasteiger charge is -2.34. The van der Waals surface area contributed by atoms with Crippen molar-refractivity contribution in [1.82, 2.24) is 4.98 Å². The molecule has 0 atom stereocenters. The van der Waals surface area contributed by atoms with Crippen molar-refractivity contribution in [3.05, 3.63) is 229 Å². The quantitative estimate of drug-likeness (QED) is 0.170. The third-order valence-electron chi connectivity index (χ3n) is 11.4. The van der Waals surface area contributed by atoms with Gasteiger partial charge in [0.1, 0.15) is 10.6 Å². The summed E-state index contributed by atoms with van der Waals surface area (Å²) in [5.41, 5.74) is 11.7. The predicted molar refractivity (Wildman–Crippen MR) is 232 cm³/mol. The Bertz CT molecular complexity index is 2980. The first-order valence-corrected chi connectivity index (χ1v) is 19.6. The number of thiophene rings is 1. The highest BCUT2D eigenvalue weighted by molar-refractivity contribution is 7.25. The molecule has 0 aliphatic heterocycles. The maximum Gasteiger partial charge on any atom is 0.139 e. The molecule has 1 aliphatic rings. The SMILES string of the molecule is c1ccc(-c2ccc(N(c3ccc4c(c3)-c3ccccc3C4(c3ccccc3)c3ccccc3)c3ccc4c(n3)sc3cc5ccccc5cc34)cc2)cc1. The molecular weight excluding hydrogens is 685 g/mol. The Morgan fingerprint density at radius 3 is 1.73 bits per heavy atom. The average Bonchev–Trinajstić information content (AvgIpc) is 3.76. The lowest BCUT2D eigenvalue weighted by molar-refractivity contribution is 0.768. The molecule has 0 bridgehead atoms. The van der Waals surface area contributed by atoms with E-state index < -0.39 is 5.41 Å². The van der Waals surface area contributed by atoms with Crippen LogP contribution in [0.5, 0.6) is 0 Å². The summed E-state index contributed by atoms with van der Waals surface area (Å²) >= 11 is 1.77. The van der Waals surface area contributed by atoms with Crippen LogP contribution < -0.4 is 4.90 Å². The molecule has 0 saturated heterocycles. The number of fused-ring (bicyclic) bond motifs is 7. The maximum absolute atomic E-state index is 5.44. The van der Waals surface area contributed by atoms with E-state index in [0.717, 1.165) is 22.0 Å². The van der Waals surface area contributed by atoms with Crippen LogP contribution in [-0.2, 0) is 5.41 Å². The van der Waals surface area contributed by atoms with Crippen LogP contribution in [0.25, 0.3) is 53.3 Å². The van der Waals surface area contributed by atoms with E-state index in [4.69, 9.17) is 4.98 Å². The Morgan fingerprint density at radius 1 is 0.418 bits per heavy atom. The molecule has 3 heteroatoms. The number of rotatable bonds is 6. The zero-order valence-electron chi connectivity index (χ0n) is 29.9. The smallest absolute Gasteiger partial charge is 0.139 e. The summed E-state index contributed by atoms with van der Waals surface area (Å²) in [5.74, 6) is 0.889. The molecule has 2 heterocycles. The molecule has 258 valence electrons. The minimum atomic E-state index is -0.451. The molecule has 8 aromatic carbocycles. The van der Waals surface area contributed by atoms with Gasteiger partial charge in [0.25, 0.3) is 0 Å². The Labute approximate surface area is 324 Å². The first-order chi connectivity index (χ1) is 27.3. The number of anilines is 3. The van der Waals surface area contributed by atoms with Crippen LogP contribution in [-0.4, -0.2) is 4.98 Å². The van der Waals surface area contributed by atoms with Gasteiger partial charge in [0.15, 0.2) is 0 Å². The fraction of sp³-hybridized carbons (Fsp3) is 0.0192. The van der Waals surface area contributed by atoms with Crippen molar-refractivity contribution in [3.8, 4) is 22.3 Å². The summed E-state index contributed by atoms with van der Waals surface area (Å²) in [6.45, 7) is 0. The fourth-order valence-electron chi connectivity index (χ4n) is 8.88. The van der Waals surface area contributed by atoms with Crippen molar-refractivity contribution >= 4 is 59.6 Å². The molecule has 11 rings (SSSR count). The van der Waals surface area contributed by atoms with Crippen molar-refractivity contribution in [3.63, 3.8) is 0 Å². The van der Waals surface area contributed by atoms with Gasteiger partial charge in [0.05, 0.1) is 5.41 Å². The standard InChI is InChI=1S/C52H34N2S/c1-4-14-35(15-5-1)36-24-26-41(27-25-36)54(50-31-29-44-46-32-37-16-10-11-17-38(37)33-49(46)55-51(44)53-50)42-28-30-48-45(34-42)43-22-12-13-23-47(43)52(48,39-18-6-2-7-19-39)40-20-8-3-9-21-40/h1-34H. The van der Waals surface area contributed by atoms with Gasteiger partial charge in [-0.1, -0.05) is 158 Å². The largest absolute Gasteiger partial charge is 0.295 e. The Kier molecular flexibility index (Phi) is 7.29. The lowest BCUT2D eigenvalue weighted by atomic mass is 9.68. The van der Waals surface area contributed by atoms with Gasteiger partial charge in [-0.3, -0.25) is 4.90 Å². The van der Waals surface area contributed by atoms with Crippen LogP contribution in [0.2, 0.25) is 0 Å². The normalized spacial score (nSPS) is 12.9. The lowest BCUT2D eigenvalue weighted by Crippen LogP contribution is -2.28. The van der Waals surface area contributed by atoms with Gasteiger partial charge in [-0.05, 0) is 104 Å². The minimum Gasteiger partial charge on any atom is -0.295 e. The minimum absolute atomic E-state index is 0.451. The second kappa shape index (κ2) is 12.7. The summed E-state index contributed by atoms with van der Waals surface area (Å²) in [5, 5.41) is 4.94. The summed E-state index contributed by atoms with van der Waals surface area (Å²) in [4.78, 5) is 8.80. The Morgan fingerprint density at radius 2 is 1.00 bits per heavy atom. The number of hydrogen-bond donors (Lipinski definition) is 0. The van der Waals surface area contributed by atoms with E-state index in [1.807, 2.05) is 0 Å². The predicted octanol–water partition coefficient (Wildman–Crippen LogP) is 14.1. The zero-order chi connectivity index (χ0) is 36.3. The van der Waals surface area contributed by atoms with Gasteiger partial charge in [-0.15, -0.1) is 11.3 Å². The van der Waals surface area contributed by atoms with E-state index in [1.54, 1.807) is 11.3 Å². The van der Waals surface area contributed by atoms with Gasteiger partial charge in [-0.2, -0.15) is 0 Å². The molecule has 0 amide bonds. The molecule has 55 heavy (non-hydrogen) atoms. The molecule has 2 nitrogen and oxygen atoms in total. The molecule has 2 aromatic heterocycles. The highest BCUT2D eigenvalue weighted by Crippen LogP contribution is 2.57. The van der Waals surface area contributed by atoms with Crippen LogP contribution >= 0.6 is 11.3 Å². The van der Waals surface area contributed by atoms with E-state index in [0.29, 0.717) is 0 Å². The van der Waals surface area contributed by atoms with Gasteiger partial charge in [0.2, 0.25) is 0 Å². The molecule has 0 radical (unpaired) electrons. The molecule has 0 spiro atoms. The topological polar surface area (TPSA) is 16.1 Å². The second-order valence-electron chi connectivity index (χ2n) is 14.3. The van der Waals surface area contributed by atoms with Crippen LogP contribution in [0.4, 0.5) is 17.2 Å². The number of benzene rings is 8. The van der Waals surface area contributed by atoms with Crippen molar-refractivity contribution < 1.29 is 0 Å². The van der Waals surface area contributed by atoms with E-state index >= 15 is 0 Å². The maximum atomic E-state index is 5.44. The van der Waals surface area contributed by atoms with Crippen LogP contribution in [0.15, 0.2) is 206 Å². The summed E-state index contributed by atoms with van der Waals surface area (Å²) < 4.78 is 1.25. The Balaban J connectivity index is 1.13. The van der Waals surface area contributed by atoms with E-state index in [9.17, 15) is 0 Å². The van der Waals surface area contributed by atoms with Crippen molar-refractivity contribution in [2.24, 2.45) is 0 Å². The number of hydrogen-bond acceptors (Lipinski definition) is 3. The highest BCUT2D eigenvalue weighted by atomic mass is 32.1. The number of pyridine rings is 1. The third-order valence-corrected chi connectivity index (χ3v) is 12.4. The Hall–Kier alpha value is -6.81. The summed E-state index contributed by atoms with van der Waals surface area (Å²) in [6.07, 6.45) is 0. The van der Waals surface area contributed by atoms with Crippen molar-refractivity contribution in [1.29, 1.82) is 0 Å². The first kappa shape index (κ1) is 31.7.